The number of aromatic nitrogens is 2. The van der Waals surface area contributed by atoms with Gasteiger partial charge >= 0.3 is 5.97 Å². The summed E-state index contributed by atoms with van der Waals surface area (Å²) in [6, 6.07) is 7.01. The number of benzene rings is 1. The number of hydrogen-bond donors (Lipinski definition) is 0. The molecule has 0 fully saturated rings. The molecule has 0 radical (unpaired) electrons. The van der Waals surface area contributed by atoms with Gasteiger partial charge in [-0.15, -0.1) is 0 Å². The highest BCUT2D eigenvalue weighted by Crippen LogP contribution is 2.31. The second-order valence-electron chi connectivity index (χ2n) is 5.91. The number of allylic oxidation sites excluding steroid dienone is 3. The second-order valence-corrected chi connectivity index (χ2v) is 8.14. The lowest BCUT2D eigenvalue weighted by Gasteiger charge is -2.26. The monoisotopic (exact) mass is 358 g/mol. The van der Waals surface area contributed by atoms with Crippen molar-refractivity contribution in [1.29, 1.82) is 0 Å². The first kappa shape index (κ1) is 17.2. The lowest BCUT2D eigenvalue weighted by molar-refractivity contribution is -0.134. The molecule has 1 atom stereocenters. The third-order valence-corrected chi connectivity index (χ3v) is 6.41. The highest BCUT2D eigenvalue weighted by atomic mass is 32.2. The van der Waals surface area contributed by atoms with Gasteiger partial charge in [-0.2, -0.15) is 9.19 Å². The summed E-state index contributed by atoms with van der Waals surface area (Å²) in [6.45, 7) is 1.67. The number of methoxy groups -OCH3 is 1. The van der Waals surface area contributed by atoms with Crippen LogP contribution in [0.15, 0.2) is 54.6 Å². The van der Waals surface area contributed by atoms with Crippen LogP contribution in [0.3, 0.4) is 0 Å². The third-order valence-electron chi connectivity index (χ3n) is 4.20. The van der Waals surface area contributed by atoms with Gasteiger partial charge in [0, 0.05) is 11.5 Å². The zero-order valence-electron chi connectivity index (χ0n) is 13.9. The fraction of sp³-hybridized carbons (Fsp3) is 0.222. The van der Waals surface area contributed by atoms with Gasteiger partial charge in [-0.25, -0.2) is 13.2 Å². The number of para-hydroxylation sites is 1. The molecule has 1 aromatic heterocycles. The Kier molecular flexibility index (Phi) is 4.34. The number of carbonyl (C=O) groups excluding carboxylic acids is 1. The van der Waals surface area contributed by atoms with Crippen molar-refractivity contribution in [3.8, 4) is 0 Å². The van der Waals surface area contributed by atoms with E-state index in [4.69, 9.17) is 0 Å². The number of ether oxygens (including phenoxy) is 1. The van der Waals surface area contributed by atoms with Crippen LogP contribution in [0, 0.1) is 0 Å². The minimum Gasteiger partial charge on any atom is -0.466 e. The van der Waals surface area contributed by atoms with Gasteiger partial charge in [-0.1, -0.05) is 42.5 Å². The predicted octanol–water partition coefficient (Wildman–Crippen LogP) is 2.68. The van der Waals surface area contributed by atoms with Gasteiger partial charge in [0.2, 0.25) is 0 Å². The second kappa shape index (κ2) is 6.33. The van der Waals surface area contributed by atoms with Crippen LogP contribution in [-0.2, 0) is 19.6 Å². The van der Waals surface area contributed by atoms with Crippen LogP contribution < -0.4 is 0 Å². The molecular weight excluding hydrogens is 340 g/mol. The summed E-state index contributed by atoms with van der Waals surface area (Å²) in [5.74, 6) is -0.534. The molecule has 1 aliphatic rings. The summed E-state index contributed by atoms with van der Waals surface area (Å²) in [5.41, 5.74) is 0.861. The number of hydrogen-bond acceptors (Lipinski definition) is 5. The summed E-state index contributed by atoms with van der Waals surface area (Å²) in [6.07, 6.45) is 10.1. The zero-order chi connectivity index (χ0) is 18.1. The summed E-state index contributed by atoms with van der Waals surface area (Å²) in [7, 11) is -2.52. The van der Waals surface area contributed by atoms with Crippen LogP contribution in [0.1, 0.15) is 19.0 Å². The van der Waals surface area contributed by atoms with E-state index in [1.54, 1.807) is 43.3 Å². The van der Waals surface area contributed by atoms with Crippen molar-refractivity contribution in [3.63, 3.8) is 0 Å². The molecule has 0 bridgehead atoms. The topological polar surface area (TPSA) is 78.3 Å². The maximum absolute atomic E-state index is 13.2. The summed E-state index contributed by atoms with van der Waals surface area (Å²) >= 11 is 0. The summed E-state index contributed by atoms with van der Waals surface area (Å²) < 4.78 is 31.0. The molecule has 1 heterocycles. The molecule has 25 heavy (non-hydrogen) atoms. The molecule has 0 aliphatic heterocycles. The van der Waals surface area contributed by atoms with Crippen LogP contribution in [-0.4, -0.2) is 35.4 Å². The molecule has 0 N–H and O–H groups in total. The first-order valence-electron chi connectivity index (χ1n) is 7.72. The van der Waals surface area contributed by atoms with Crippen molar-refractivity contribution in [2.45, 2.75) is 18.1 Å². The van der Waals surface area contributed by atoms with Crippen LogP contribution in [0.25, 0.3) is 17.0 Å². The van der Waals surface area contributed by atoms with Crippen molar-refractivity contribution >= 4 is 33.0 Å². The van der Waals surface area contributed by atoms with Gasteiger partial charge in [-0.3, -0.25) is 0 Å². The third kappa shape index (κ3) is 2.91. The molecule has 2 aromatic rings. The highest BCUT2D eigenvalue weighted by Gasteiger charge is 2.39. The van der Waals surface area contributed by atoms with Crippen molar-refractivity contribution in [3.05, 3.63) is 60.3 Å². The van der Waals surface area contributed by atoms with E-state index in [1.807, 2.05) is 12.2 Å². The van der Waals surface area contributed by atoms with Gasteiger partial charge in [0.25, 0.3) is 10.0 Å². The Hall–Kier alpha value is -2.67. The van der Waals surface area contributed by atoms with Crippen molar-refractivity contribution in [2.24, 2.45) is 0 Å². The van der Waals surface area contributed by atoms with Gasteiger partial charge in [0.1, 0.15) is 4.75 Å². The average molecular weight is 358 g/mol. The Labute approximate surface area is 146 Å². The molecular formula is C18H18N2O4S. The van der Waals surface area contributed by atoms with E-state index in [9.17, 15) is 13.2 Å². The Bertz CT molecular complexity index is 1010. The smallest absolute Gasteiger partial charge is 0.330 e. The van der Waals surface area contributed by atoms with Crippen molar-refractivity contribution < 1.29 is 17.9 Å². The normalized spacial score (nSPS) is 20.4. The van der Waals surface area contributed by atoms with E-state index < -0.39 is 20.7 Å². The highest BCUT2D eigenvalue weighted by molar-refractivity contribution is 7.91. The van der Waals surface area contributed by atoms with Crippen LogP contribution >= 0.6 is 0 Å². The number of nitrogens with zero attached hydrogens (tertiary/aromatic N) is 2. The Morgan fingerprint density at radius 3 is 2.76 bits per heavy atom. The number of fused-ring (bicyclic) bond motifs is 1. The van der Waals surface area contributed by atoms with E-state index in [2.05, 4.69) is 9.84 Å². The van der Waals surface area contributed by atoms with E-state index in [0.29, 0.717) is 23.0 Å². The predicted molar refractivity (Wildman–Crippen MR) is 96.4 cm³/mol. The van der Waals surface area contributed by atoms with E-state index in [0.717, 1.165) is 4.09 Å². The van der Waals surface area contributed by atoms with Crippen LogP contribution in [0.2, 0.25) is 0 Å². The minimum atomic E-state index is -3.79. The van der Waals surface area contributed by atoms with Gasteiger partial charge < -0.3 is 4.74 Å². The molecule has 0 saturated heterocycles. The van der Waals surface area contributed by atoms with E-state index in [1.165, 1.54) is 19.3 Å². The minimum absolute atomic E-state index is 0.368. The Morgan fingerprint density at radius 2 is 2.08 bits per heavy atom. The Morgan fingerprint density at radius 1 is 1.32 bits per heavy atom. The first-order chi connectivity index (χ1) is 11.9. The SMILES string of the molecule is COC(=O)/C=C/c1nn(S(=O)(=O)C2(C)C=CC=CC2)c2ccccc12. The van der Waals surface area contributed by atoms with Crippen LogP contribution in [0.4, 0.5) is 0 Å². The number of esters is 1. The maximum Gasteiger partial charge on any atom is 0.330 e. The van der Waals surface area contributed by atoms with E-state index >= 15 is 0 Å². The van der Waals surface area contributed by atoms with Gasteiger partial charge in [-0.05, 0) is 25.5 Å². The Balaban J connectivity index is 2.17. The standard InChI is InChI=1S/C18H18N2O4S/c1-18(12-6-3-7-13-18)25(22,23)20-16-9-5-4-8-14(16)15(19-20)10-11-17(21)24-2/h3-12H,13H2,1-2H3/b11-10+. The van der Waals surface area contributed by atoms with E-state index in [-0.39, 0.29) is 0 Å². The lowest BCUT2D eigenvalue weighted by atomic mass is 10.0. The average Bonchev–Trinajstić information content (AvgIpc) is 2.99. The molecule has 0 saturated carbocycles. The van der Waals surface area contributed by atoms with Crippen LogP contribution in [0.5, 0.6) is 0 Å². The van der Waals surface area contributed by atoms with Gasteiger partial charge in [0.15, 0.2) is 0 Å². The molecule has 0 amide bonds. The fourth-order valence-electron chi connectivity index (χ4n) is 2.68. The number of carbonyl (C=O) groups is 1. The van der Waals surface area contributed by atoms with Crippen molar-refractivity contribution in [1.82, 2.24) is 9.19 Å². The maximum atomic E-state index is 13.2. The molecule has 1 aliphatic carbocycles. The molecule has 1 unspecified atom stereocenters. The summed E-state index contributed by atoms with van der Waals surface area (Å²) in [4.78, 5) is 11.3. The molecule has 3 rings (SSSR count). The zero-order valence-corrected chi connectivity index (χ0v) is 14.7. The molecule has 7 heteroatoms. The molecule has 6 nitrogen and oxygen atoms in total. The largest absolute Gasteiger partial charge is 0.466 e. The number of rotatable bonds is 4. The fourth-order valence-corrected chi connectivity index (χ4v) is 4.25. The molecule has 130 valence electrons. The lowest BCUT2D eigenvalue weighted by Crippen LogP contribution is -2.38. The molecule has 0 spiro atoms. The first-order valence-corrected chi connectivity index (χ1v) is 9.16. The summed E-state index contributed by atoms with van der Waals surface area (Å²) in [5, 5.41) is 4.91. The quantitative estimate of drug-likeness (QED) is 0.620. The van der Waals surface area contributed by atoms with Crippen molar-refractivity contribution in [2.75, 3.05) is 7.11 Å². The molecule has 1 aromatic carbocycles. The van der Waals surface area contributed by atoms with Gasteiger partial charge in [0.05, 0.1) is 18.3 Å².